The number of aromatic hydroxyl groups is 1. The highest BCUT2D eigenvalue weighted by Gasteiger charge is 2.20. The lowest BCUT2D eigenvalue weighted by Crippen LogP contribution is -2.03. The summed E-state index contributed by atoms with van der Waals surface area (Å²) in [6, 6.07) is 23.6. The Labute approximate surface area is 222 Å². The molecule has 0 fully saturated rings. The normalized spacial score (nSPS) is 14.6. The molecule has 0 saturated heterocycles. The molecule has 5 heteroatoms. The monoisotopic (exact) mass is 497 g/mol. The fourth-order valence-electron chi connectivity index (χ4n) is 4.77. The Bertz CT molecular complexity index is 1610. The zero-order valence-electron chi connectivity index (χ0n) is 21.1. The summed E-state index contributed by atoms with van der Waals surface area (Å²) in [5, 5.41) is 10.7. The summed E-state index contributed by atoms with van der Waals surface area (Å²) in [5.74, 6) is 2.22. The van der Waals surface area contributed by atoms with E-state index in [1.165, 1.54) is 11.1 Å². The fraction of sp³-hybridized carbons (Fsp3) is 0.121. The molecule has 2 aliphatic carbocycles. The molecular weight excluding hydrogens is 470 g/mol. The molecule has 38 heavy (non-hydrogen) atoms. The van der Waals surface area contributed by atoms with Gasteiger partial charge < -0.3 is 9.84 Å². The molecule has 5 nitrogen and oxygen atoms in total. The first-order valence-electron chi connectivity index (χ1n) is 12.7. The van der Waals surface area contributed by atoms with Crippen LogP contribution in [0.2, 0.25) is 0 Å². The summed E-state index contributed by atoms with van der Waals surface area (Å²) >= 11 is 0. The van der Waals surface area contributed by atoms with Gasteiger partial charge in [-0.15, -0.1) is 0 Å². The molecule has 2 aliphatic rings. The highest BCUT2D eigenvalue weighted by molar-refractivity contribution is 5.75. The van der Waals surface area contributed by atoms with E-state index >= 15 is 0 Å². The summed E-state index contributed by atoms with van der Waals surface area (Å²) in [6.07, 6.45) is 13.9. The number of phenols is 1. The average Bonchev–Trinajstić information content (AvgIpc) is 3.48. The largest absolute Gasteiger partial charge is 0.507 e. The Morgan fingerprint density at radius 2 is 1.42 bits per heavy atom. The van der Waals surface area contributed by atoms with Gasteiger partial charge in [0.15, 0.2) is 17.5 Å². The molecule has 0 unspecified atom stereocenters. The van der Waals surface area contributed by atoms with E-state index in [0.717, 1.165) is 41.5 Å². The van der Waals surface area contributed by atoms with Crippen molar-refractivity contribution >= 4 is 5.57 Å². The van der Waals surface area contributed by atoms with Crippen LogP contribution in [0, 0.1) is 0 Å². The molecule has 0 radical (unpaired) electrons. The van der Waals surface area contributed by atoms with Crippen molar-refractivity contribution in [2.45, 2.75) is 19.3 Å². The minimum Gasteiger partial charge on any atom is -0.507 e. The van der Waals surface area contributed by atoms with E-state index in [9.17, 15) is 5.11 Å². The smallest absolute Gasteiger partial charge is 0.167 e. The first kappa shape index (κ1) is 23.6. The second-order valence-corrected chi connectivity index (χ2v) is 9.33. The van der Waals surface area contributed by atoms with Gasteiger partial charge in [-0.2, -0.15) is 0 Å². The first-order valence-corrected chi connectivity index (χ1v) is 12.7. The average molecular weight is 498 g/mol. The first-order chi connectivity index (χ1) is 18.7. The number of benzene rings is 3. The van der Waals surface area contributed by atoms with Crippen molar-refractivity contribution < 1.29 is 9.84 Å². The van der Waals surface area contributed by atoms with E-state index in [1.807, 2.05) is 30.3 Å². The van der Waals surface area contributed by atoms with Crippen molar-refractivity contribution in [2.24, 2.45) is 0 Å². The van der Waals surface area contributed by atoms with Gasteiger partial charge in [0.1, 0.15) is 11.5 Å². The maximum Gasteiger partial charge on any atom is 0.167 e. The summed E-state index contributed by atoms with van der Waals surface area (Å²) < 4.78 is 5.26. The van der Waals surface area contributed by atoms with Crippen molar-refractivity contribution in [3.63, 3.8) is 0 Å². The van der Waals surface area contributed by atoms with Crippen LogP contribution in [0.15, 0.2) is 114 Å². The maximum absolute atomic E-state index is 10.7. The highest BCUT2D eigenvalue weighted by atomic mass is 16.5. The van der Waals surface area contributed by atoms with E-state index in [0.29, 0.717) is 28.8 Å². The molecule has 3 aromatic carbocycles. The summed E-state index contributed by atoms with van der Waals surface area (Å²) in [6.45, 7) is 0. The lowest BCUT2D eigenvalue weighted by molar-refractivity contribution is 0.408. The van der Waals surface area contributed by atoms with Gasteiger partial charge in [0.2, 0.25) is 0 Å². The SMILES string of the molecule is COc1ccc(-c2nc(C3=CC=C(C4=CCCC=C4)C3)nc(-c3ccc(-c4ccccc4)cc3)n2)c(O)c1. The van der Waals surface area contributed by atoms with E-state index in [4.69, 9.17) is 19.7 Å². The zero-order valence-corrected chi connectivity index (χ0v) is 21.1. The van der Waals surface area contributed by atoms with Crippen LogP contribution in [0.3, 0.4) is 0 Å². The number of allylic oxidation sites excluding steroid dienone is 8. The number of hydrogen-bond acceptors (Lipinski definition) is 5. The van der Waals surface area contributed by atoms with Crippen LogP contribution in [-0.2, 0) is 0 Å². The van der Waals surface area contributed by atoms with Crippen LogP contribution in [0.5, 0.6) is 11.5 Å². The van der Waals surface area contributed by atoms with Crippen LogP contribution >= 0.6 is 0 Å². The molecular formula is C33H27N3O2. The van der Waals surface area contributed by atoms with Gasteiger partial charge in [0.25, 0.3) is 0 Å². The number of hydrogen-bond donors (Lipinski definition) is 1. The van der Waals surface area contributed by atoms with E-state index in [1.54, 1.807) is 25.3 Å². The molecule has 0 atom stereocenters. The van der Waals surface area contributed by atoms with E-state index in [-0.39, 0.29) is 5.75 Å². The number of rotatable bonds is 6. The molecule has 0 saturated carbocycles. The predicted molar refractivity (Wildman–Crippen MR) is 151 cm³/mol. The highest BCUT2D eigenvalue weighted by Crippen LogP contribution is 2.36. The topological polar surface area (TPSA) is 68.1 Å². The Hall–Kier alpha value is -4.77. The lowest BCUT2D eigenvalue weighted by Gasteiger charge is -2.12. The van der Waals surface area contributed by atoms with Crippen LogP contribution < -0.4 is 4.74 Å². The molecule has 186 valence electrons. The molecule has 1 aromatic heterocycles. The third kappa shape index (κ3) is 4.78. The number of ether oxygens (including phenoxy) is 1. The Kier molecular flexibility index (Phi) is 6.40. The Morgan fingerprint density at radius 3 is 2.16 bits per heavy atom. The van der Waals surface area contributed by atoms with E-state index < -0.39 is 0 Å². The van der Waals surface area contributed by atoms with Gasteiger partial charge in [0.05, 0.1) is 12.7 Å². The minimum absolute atomic E-state index is 0.0589. The molecule has 4 aromatic rings. The van der Waals surface area contributed by atoms with Crippen LogP contribution in [0.25, 0.3) is 39.5 Å². The number of aromatic nitrogens is 3. The van der Waals surface area contributed by atoms with Crippen molar-refractivity contribution in [3.8, 4) is 45.4 Å². The lowest BCUT2D eigenvalue weighted by atomic mass is 9.97. The maximum atomic E-state index is 10.7. The Morgan fingerprint density at radius 1 is 0.711 bits per heavy atom. The van der Waals surface area contributed by atoms with Gasteiger partial charge in [-0.05, 0) is 47.2 Å². The second kappa shape index (κ2) is 10.3. The summed E-state index contributed by atoms with van der Waals surface area (Å²) in [5.41, 5.74) is 7.24. The quantitative estimate of drug-likeness (QED) is 0.297. The predicted octanol–water partition coefficient (Wildman–Crippen LogP) is 7.58. The fourth-order valence-corrected chi connectivity index (χ4v) is 4.77. The standard InChI is InChI=1S/C33H27N3O2/c1-38-28-18-19-29(30(37)21-28)33-35-31(25-14-12-24(13-15-25)22-8-4-2-5-9-22)34-32(36-33)27-17-16-26(20-27)23-10-6-3-7-11-23/h2,4-6,8-19,21,37H,3,7,20H2,1H3. The minimum atomic E-state index is 0.0589. The zero-order chi connectivity index (χ0) is 25.9. The molecule has 0 amide bonds. The molecule has 0 spiro atoms. The number of nitrogens with zero attached hydrogens (tertiary/aromatic N) is 3. The summed E-state index contributed by atoms with van der Waals surface area (Å²) in [7, 11) is 1.57. The van der Waals surface area contributed by atoms with Gasteiger partial charge in [0, 0.05) is 23.6 Å². The third-order valence-corrected chi connectivity index (χ3v) is 6.85. The molecule has 0 bridgehead atoms. The number of phenolic OH excluding ortho intramolecular Hbond substituents is 1. The van der Waals surface area contributed by atoms with Crippen LogP contribution in [0.4, 0.5) is 0 Å². The van der Waals surface area contributed by atoms with E-state index in [2.05, 4.69) is 54.6 Å². The van der Waals surface area contributed by atoms with Crippen LogP contribution in [0.1, 0.15) is 25.1 Å². The van der Waals surface area contributed by atoms with Gasteiger partial charge in [-0.3, -0.25) is 0 Å². The summed E-state index contributed by atoms with van der Waals surface area (Å²) in [4.78, 5) is 14.5. The molecule has 1 N–H and O–H groups in total. The molecule has 6 rings (SSSR count). The molecule has 1 heterocycles. The van der Waals surface area contributed by atoms with Crippen molar-refractivity contribution in [3.05, 3.63) is 120 Å². The van der Waals surface area contributed by atoms with Crippen LogP contribution in [-0.4, -0.2) is 27.2 Å². The van der Waals surface area contributed by atoms with Crippen molar-refractivity contribution in [1.82, 2.24) is 15.0 Å². The third-order valence-electron chi connectivity index (χ3n) is 6.85. The van der Waals surface area contributed by atoms with Gasteiger partial charge in [-0.1, -0.05) is 85.0 Å². The number of methoxy groups -OCH3 is 1. The Balaban J connectivity index is 1.39. The van der Waals surface area contributed by atoms with Gasteiger partial charge in [-0.25, -0.2) is 15.0 Å². The molecule has 0 aliphatic heterocycles. The van der Waals surface area contributed by atoms with Crippen molar-refractivity contribution in [1.29, 1.82) is 0 Å². The second-order valence-electron chi connectivity index (χ2n) is 9.33. The van der Waals surface area contributed by atoms with Crippen molar-refractivity contribution in [2.75, 3.05) is 7.11 Å². The van der Waals surface area contributed by atoms with Gasteiger partial charge >= 0.3 is 0 Å².